The van der Waals surface area contributed by atoms with Crippen LogP contribution in [0.15, 0.2) is 46.6 Å². The van der Waals surface area contributed by atoms with E-state index in [0.29, 0.717) is 42.0 Å². The van der Waals surface area contributed by atoms with Crippen LogP contribution in [0.5, 0.6) is 0 Å². The van der Waals surface area contributed by atoms with Gasteiger partial charge in [0.05, 0.1) is 18.8 Å². The Hall–Kier alpha value is -2.43. The van der Waals surface area contributed by atoms with E-state index in [2.05, 4.69) is 32.7 Å². The molecule has 0 aromatic heterocycles. The SMILES string of the molecule is CC1=NC(C)=C(C(=O)OCCC(C)C)[C@@H](c2ccccc2)C1C(=O)OCCC(C)C. The Kier molecular flexibility index (Phi) is 8.82. The molecule has 0 N–H and O–H groups in total. The van der Waals surface area contributed by atoms with Crippen molar-refractivity contribution in [2.45, 2.75) is 60.3 Å². The van der Waals surface area contributed by atoms with Crippen molar-refractivity contribution in [2.75, 3.05) is 13.2 Å². The summed E-state index contributed by atoms with van der Waals surface area (Å²) in [5.74, 6) is -0.979. The maximum absolute atomic E-state index is 13.1. The van der Waals surface area contributed by atoms with Gasteiger partial charge in [0.2, 0.25) is 0 Å². The zero-order chi connectivity index (χ0) is 22.3. The van der Waals surface area contributed by atoms with Crippen molar-refractivity contribution in [1.29, 1.82) is 0 Å². The summed E-state index contributed by atoms with van der Waals surface area (Å²) in [4.78, 5) is 30.7. The highest BCUT2D eigenvalue weighted by Crippen LogP contribution is 2.40. The molecule has 164 valence electrons. The Morgan fingerprint density at radius 3 is 2.07 bits per heavy atom. The van der Waals surface area contributed by atoms with Gasteiger partial charge in [-0.05, 0) is 44.1 Å². The molecule has 5 heteroatoms. The van der Waals surface area contributed by atoms with Crippen molar-refractivity contribution in [2.24, 2.45) is 22.7 Å². The molecular weight excluding hydrogens is 378 g/mol. The van der Waals surface area contributed by atoms with Gasteiger partial charge in [-0.1, -0.05) is 58.0 Å². The summed E-state index contributed by atoms with van der Waals surface area (Å²) < 4.78 is 11.2. The van der Waals surface area contributed by atoms with Crippen molar-refractivity contribution in [3.63, 3.8) is 0 Å². The number of benzene rings is 1. The van der Waals surface area contributed by atoms with E-state index in [9.17, 15) is 9.59 Å². The number of carbonyl (C=O) groups excluding carboxylic acids is 2. The van der Waals surface area contributed by atoms with Crippen molar-refractivity contribution in [1.82, 2.24) is 0 Å². The molecule has 0 bridgehead atoms. The van der Waals surface area contributed by atoms with E-state index >= 15 is 0 Å². The average Bonchev–Trinajstić information content (AvgIpc) is 2.67. The number of allylic oxidation sites excluding steroid dienone is 1. The summed E-state index contributed by atoms with van der Waals surface area (Å²) in [7, 11) is 0. The first kappa shape index (κ1) is 23.8. The second kappa shape index (κ2) is 11.1. The molecular formula is C25H35NO4. The Labute approximate surface area is 180 Å². The van der Waals surface area contributed by atoms with Crippen LogP contribution in [0, 0.1) is 17.8 Å². The molecule has 2 rings (SSSR count). The Morgan fingerprint density at radius 1 is 0.933 bits per heavy atom. The van der Waals surface area contributed by atoms with E-state index in [0.717, 1.165) is 18.4 Å². The largest absolute Gasteiger partial charge is 0.465 e. The van der Waals surface area contributed by atoms with Gasteiger partial charge < -0.3 is 9.47 Å². The third-order valence-corrected chi connectivity index (χ3v) is 5.33. The predicted octanol–water partition coefficient (Wildman–Crippen LogP) is 5.31. The van der Waals surface area contributed by atoms with Crippen LogP contribution in [0.3, 0.4) is 0 Å². The summed E-state index contributed by atoms with van der Waals surface area (Å²) in [6.45, 7) is 12.7. The molecule has 0 radical (unpaired) electrons. The van der Waals surface area contributed by atoms with E-state index in [1.165, 1.54) is 0 Å². The second-order valence-corrected chi connectivity index (χ2v) is 8.79. The van der Waals surface area contributed by atoms with Crippen LogP contribution in [-0.4, -0.2) is 30.9 Å². The van der Waals surface area contributed by atoms with Gasteiger partial charge in [0.15, 0.2) is 0 Å². The monoisotopic (exact) mass is 413 g/mol. The van der Waals surface area contributed by atoms with Crippen LogP contribution in [0.1, 0.15) is 65.9 Å². The van der Waals surface area contributed by atoms with Gasteiger partial charge in [-0.15, -0.1) is 0 Å². The van der Waals surface area contributed by atoms with Gasteiger partial charge in [-0.25, -0.2) is 4.79 Å². The van der Waals surface area contributed by atoms with E-state index < -0.39 is 17.8 Å². The number of hydrogen-bond donors (Lipinski definition) is 0. The lowest BCUT2D eigenvalue weighted by Gasteiger charge is -2.31. The van der Waals surface area contributed by atoms with Crippen molar-refractivity contribution < 1.29 is 19.1 Å². The van der Waals surface area contributed by atoms with Crippen molar-refractivity contribution in [3.05, 3.63) is 47.2 Å². The number of hydrogen-bond acceptors (Lipinski definition) is 5. The zero-order valence-electron chi connectivity index (χ0n) is 19.1. The maximum atomic E-state index is 13.1. The van der Waals surface area contributed by atoms with Gasteiger partial charge >= 0.3 is 11.9 Å². The minimum Gasteiger partial charge on any atom is -0.465 e. The molecule has 1 heterocycles. The zero-order valence-corrected chi connectivity index (χ0v) is 19.1. The lowest BCUT2D eigenvalue weighted by Crippen LogP contribution is -2.36. The molecule has 30 heavy (non-hydrogen) atoms. The standard InChI is InChI=1S/C25H35NO4/c1-16(2)12-14-29-24(27)21-18(5)26-19(6)22(25(28)30-15-13-17(3)4)23(21)20-10-8-7-9-11-20/h7-11,16-17,21,23H,12-15H2,1-6H3/t21?,23-/m0/s1. The normalized spacial score (nSPS) is 19.1. The van der Waals surface area contributed by atoms with Crippen LogP contribution in [-0.2, 0) is 19.1 Å². The van der Waals surface area contributed by atoms with E-state index in [4.69, 9.17) is 9.47 Å². The van der Waals surface area contributed by atoms with Crippen LogP contribution in [0.4, 0.5) is 0 Å². The van der Waals surface area contributed by atoms with Crippen LogP contribution in [0.2, 0.25) is 0 Å². The first-order valence-electron chi connectivity index (χ1n) is 10.9. The van der Waals surface area contributed by atoms with Crippen LogP contribution < -0.4 is 0 Å². The molecule has 5 nitrogen and oxygen atoms in total. The van der Waals surface area contributed by atoms with Gasteiger partial charge in [-0.3, -0.25) is 9.79 Å². The first-order chi connectivity index (χ1) is 14.2. The van der Waals surface area contributed by atoms with E-state index in [1.807, 2.05) is 37.3 Å². The van der Waals surface area contributed by atoms with Gasteiger partial charge in [0, 0.05) is 17.3 Å². The lowest BCUT2D eigenvalue weighted by atomic mass is 9.75. The quantitative estimate of drug-likeness (QED) is 0.514. The Morgan fingerprint density at radius 2 is 1.50 bits per heavy atom. The molecule has 0 aliphatic carbocycles. The Balaban J connectivity index is 2.36. The summed E-state index contributed by atoms with van der Waals surface area (Å²) in [5, 5.41) is 0. The number of ether oxygens (including phenoxy) is 2. The number of aliphatic imine (C=N–C) groups is 1. The molecule has 1 aliphatic rings. The summed E-state index contributed by atoms with van der Waals surface area (Å²) >= 11 is 0. The molecule has 0 amide bonds. The number of rotatable bonds is 9. The molecule has 1 unspecified atom stereocenters. The maximum Gasteiger partial charge on any atom is 0.336 e. The summed E-state index contributed by atoms with van der Waals surface area (Å²) in [5.41, 5.74) is 2.59. The molecule has 0 fully saturated rings. The molecule has 1 aromatic rings. The highest BCUT2D eigenvalue weighted by atomic mass is 16.5. The fourth-order valence-corrected chi connectivity index (χ4v) is 3.58. The molecule has 1 aliphatic heterocycles. The van der Waals surface area contributed by atoms with Gasteiger partial charge in [-0.2, -0.15) is 0 Å². The average molecular weight is 414 g/mol. The highest BCUT2D eigenvalue weighted by molar-refractivity contribution is 6.07. The smallest absolute Gasteiger partial charge is 0.336 e. The van der Waals surface area contributed by atoms with Gasteiger partial charge in [0.1, 0.15) is 5.92 Å². The number of nitrogens with zero attached hydrogens (tertiary/aromatic N) is 1. The number of carbonyl (C=O) groups is 2. The fraction of sp³-hybridized carbons (Fsp3) is 0.560. The lowest BCUT2D eigenvalue weighted by molar-refractivity contribution is -0.147. The first-order valence-corrected chi connectivity index (χ1v) is 10.9. The molecule has 2 atom stereocenters. The van der Waals surface area contributed by atoms with Crippen molar-refractivity contribution in [3.8, 4) is 0 Å². The minimum absolute atomic E-state index is 0.342. The van der Waals surface area contributed by atoms with Crippen LogP contribution in [0.25, 0.3) is 0 Å². The Bertz CT molecular complexity index is 793. The number of esters is 2. The molecule has 0 spiro atoms. The minimum atomic E-state index is -0.643. The van der Waals surface area contributed by atoms with E-state index in [1.54, 1.807) is 6.92 Å². The van der Waals surface area contributed by atoms with Crippen LogP contribution >= 0.6 is 0 Å². The third-order valence-electron chi connectivity index (χ3n) is 5.33. The summed E-state index contributed by atoms with van der Waals surface area (Å²) in [6.07, 6.45) is 1.58. The second-order valence-electron chi connectivity index (χ2n) is 8.79. The van der Waals surface area contributed by atoms with Crippen molar-refractivity contribution >= 4 is 17.7 Å². The van der Waals surface area contributed by atoms with E-state index in [-0.39, 0.29) is 5.97 Å². The molecule has 0 saturated heterocycles. The molecule has 1 aromatic carbocycles. The van der Waals surface area contributed by atoms with Gasteiger partial charge in [0.25, 0.3) is 0 Å². The topological polar surface area (TPSA) is 65.0 Å². The summed E-state index contributed by atoms with van der Waals surface area (Å²) in [6, 6.07) is 9.61. The highest BCUT2D eigenvalue weighted by Gasteiger charge is 2.42. The third kappa shape index (κ3) is 6.28. The predicted molar refractivity (Wildman–Crippen MR) is 119 cm³/mol. The molecule has 0 saturated carbocycles. The fourth-order valence-electron chi connectivity index (χ4n) is 3.58.